The van der Waals surface area contributed by atoms with E-state index in [1.165, 1.54) is 23.5 Å². The predicted molar refractivity (Wildman–Crippen MR) is 109 cm³/mol. The number of carbonyl (C=O) groups is 2. The number of anilines is 1. The second-order valence-electron chi connectivity index (χ2n) is 6.53. The molecule has 152 valence electrons. The van der Waals surface area contributed by atoms with Gasteiger partial charge in [-0.3, -0.25) is 10.1 Å². The number of nitrogens with zero attached hydrogens (tertiary/aromatic N) is 2. The molecule has 0 aliphatic carbocycles. The van der Waals surface area contributed by atoms with E-state index >= 15 is 0 Å². The van der Waals surface area contributed by atoms with Crippen molar-refractivity contribution in [3.8, 4) is 10.6 Å². The molecule has 1 heterocycles. The summed E-state index contributed by atoms with van der Waals surface area (Å²) in [5.41, 5.74) is 0.714. The van der Waals surface area contributed by atoms with Crippen molar-refractivity contribution in [1.29, 1.82) is 0 Å². The van der Waals surface area contributed by atoms with Crippen LogP contribution < -0.4 is 16.0 Å². The standard InChI is InChI=1S/C19H26FN5O2S/c1-4-6-11-21-18(27)22-15(12(3)5-2)16(26)23-19-25-24-17(28-19)13-7-9-14(20)10-8-13/h7-10,12,15H,4-6,11H2,1-3H3,(H2,21,22,27)(H,23,25,26)/t12-,15+/m0/s1. The second kappa shape index (κ2) is 10.7. The van der Waals surface area contributed by atoms with Crippen molar-refractivity contribution >= 4 is 28.4 Å². The van der Waals surface area contributed by atoms with E-state index in [0.717, 1.165) is 19.3 Å². The summed E-state index contributed by atoms with van der Waals surface area (Å²) in [6, 6.07) is 4.84. The van der Waals surface area contributed by atoms with E-state index in [1.54, 1.807) is 12.1 Å². The fourth-order valence-corrected chi connectivity index (χ4v) is 3.19. The summed E-state index contributed by atoms with van der Waals surface area (Å²) < 4.78 is 13.1. The SMILES string of the molecule is CCCCNC(=O)N[C@@H](C(=O)Nc1nnc(-c2ccc(F)cc2)s1)[C@@H](C)CC. The average Bonchev–Trinajstić information content (AvgIpc) is 3.14. The van der Waals surface area contributed by atoms with Crippen LogP contribution in [0.5, 0.6) is 0 Å². The van der Waals surface area contributed by atoms with E-state index in [2.05, 4.69) is 26.1 Å². The van der Waals surface area contributed by atoms with Gasteiger partial charge in [0.15, 0.2) is 0 Å². The minimum atomic E-state index is -0.690. The Bertz CT molecular complexity index is 781. The molecule has 0 saturated heterocycles. The normalized spacial score (nSPS) is 12.9. The Kier molecular flexibility index (Phi) is 8.31. The number of hydrogen-bond donors (Lipinski definition) is 3. The van der Waals surface area contributed by atoms with E-state index in [-0.39, 0.29) is 23.7 Å². The lowest BCUT2D eigenvalue weighted by atomic mass is 9.98. The van der Waals surface area contributed by atoms with Gasteiger partial charge in [-0.15, -0.1) is 10.2 Å². The van der Waals surface area contributed by atoms with Crippen LogP contribution in [0.2, 0.25) is 0 Å². The summed E-state index contributed by atoms with van der Waals surface area (Å²) in [6.45, 7) is 6.46. The maximum Gasteiger partial charge on any atom is 0.315 e. The predicted octanol–water partition coefficient (Wildman–Crippen LogP) is 3.80. The molecule has 0 unspecified atom stereocenters. The lowest BCUT2D eigenvalue weighted by Crippen LogP contribution is -2.51. The first kappa shape index (κ1) is 21.7. The highest BCUT2D eigenvalue weighted by molar-refractivity contribution is 7.18. The highest BCUT2D eigenvalue weighted by Gasteiger charge is 2.26. The van der Waals surface area contributed by atoms with Crippen molar-refractivity contribution in [2.75, 3.05) is 11.9 Å². The Labute approximate surface area is 168 Å². The van der Waals surface area contributed by atoms with Crippen LogP contribution in [0.1, 0.15) is 40.0 Å². The van der Waals surface area contributed by atoms with Crippen LogP contribution in [-0.4, -0.2) is 34.7 Å². The molecule has 2 atom stereocenters. The van der Waals surface area contributed by atoms with Crippen molar-refractivity contribution in [2.45, 2.75) is 46.1 Å². The topological polar surface area (TPSA) is 96.0 Å². The Morgan fingerprint density at radius 1 is 1.18 bits per heavy atom. The van der Waals surface area contributed by atoms with Crippen molar-refractivity contribution in [2.24, 2.45) is 5.92 Å². The first-order valence-corrected chi connectivity index (χ1v) is 10.2. The third-order valence-corrected chi connectivity index (χ3v) is 5.23. The lowest BCUT2D eigenvalue weighted by Gasteiger charge is -2.23. The highest BCUT2D eigenvalue weighted by atomic mass is 32.1. The zero-order valence-electron chi connectivity index (χ0n) is 16.3. The van der Waals surface area contributed by atoms with Crippen LogP contribution in [0, 0.1) is 11.7 Å². The first-order valence-electron chi connectivity index (χ1n) is 9.39. The summed E-state index contributed by atoms with van der Waals surface area (Å²) in [5.74, 6) is -0.732. The molecule has 2 aromatic rings. The van der Waals surface area contributed by atoms with E-state index in [9.17, 15) is 14.0 Å². The number of carbonyl (C=O) groups excluding carboxylic acids is 2. The Hall–Kier alpha value is -2.55. The number of halogens is 1. The van der Waals surface area contributed by atoms with E-state index in [1.807, 2.05) is 20.8 Å². The van der Waals surface area contributed by atoms with Gasteiger partial charge >= 0.3 is 6.03 Å². The number of urea groups is 1. The highest BCUT2D eigenvalue weighted by Crippen LogP contribution is 2.26. The molecule has 0 bridgehead atoms. The van der Waals surface area contributed by atoms with E-state index < -0.39 is 6.04 Å². The average molecular weight is 408 g/mol. The van der Waals surface area contributed by atoms with Crippen molar-refractivity contribution in [1.82, 2.24) is 20.8 Å². The Morgan fingerprint density at radius 2 is 1.89 bits per heavy atom. The van der Waals surface area contributed by atoms with Gasteiger partial charge in [0, 0.05) is 12.1 Å². The summed E-state index contributed by atoms with van der Waals surface area (Å²) in [4.78, 5) is 24.8. The van der Waals surface area contributed by atoms with Gasteiger partial charge in [0.2, 0.25) is 11.0 Å². The maximum absolute atomic E-state index is 13.1. The molecule has 7 nitrogen and oxygen atoms in total. The zero-order valence-corrected chi connectivity index (χ0v) is 17.1. The van der Waals surface area contributed by atoms with Crippen molar-refractivity contribution in [3.05, 3.63) is 30.1 Å². The number of unbranched alkanes of at least 4 members (excludes halogenated alkanes) is 1. The lowest BCUT2D eigenvalue weighted by molar-refractivity contribution is -0.119. The molecule has 0 radical (unpaired) electrons. The number of nitrogens with one attached hydrogen (secondary N) is 3. The molecule has 0 fully saturated rings. The summed E-state index contributed by atoms with van der Waals surface area (Å²) in [7, 11) is 0. The van der Waals surface area contributed by atoms with Gasteiger partial charge in [-0.2, -0.15) is 0 Å². The van der Waals surface area contributed by atoms with Gasteiger partial charge in [0.1, 0.15) is 16.9 Å². The van der Waals surface area contributed by atoms with Crippen LogP contribution in [0.15, 0.2) is 24.3 Å². The molecule has 3 amide bonds. The monoisotopic (exact) mass is 407 g/mol. The third kappa shape index (κ3) is 6.26. The number of rotatable bonds is 9. The quantitative estimate of drug-likeness (QED) is 0.551. The Morgan fingerprint density at radius 3 is 2.54 bits per heavy atom. The second-order valence-corrected chi connectivity index (χ2v) is 7.50. The Balaban J connectivity index is 2.02. The molecule has 2 rings (SSSR count). The van der Waals surface area contributed by atoms with E-state index in [4.69, 9.17) is 0 Å². The largest absolute Gasteiger partial charge is 0.338 e. The van der Waals surface area contributed by atoms with Crippen LogP contribution >= 0.6 is 11.3 Å². The van der Waals surface area contributed by atoms with Crippen LogP contribution in [0.3, 0.4) is 0 Å². The molecule has 0 saturated carbocycles. The summed E-state index contributed by atoms with van der Waals surface area (Å²) >= 11 is 1.19. The van der Waals surface area contributed by atoms with Gasteiger partial charge in [-0.25, -0.2) is 9.18 Å². The van der Waals surface area contributed by atoms with Crippen molar-refractivity contribution < 1.29 is 14.0 Å². The van der Waals surface area contributed by atoms with Gasteiger partial charge < -0.3 is 10.6 Å². The fourth-order valence-electron chi connectivity index (χ4n) is 2.44. The number of amides is 3. The van der Waals surface area contributed by atoms with Gasteiger partial charge in [-0.1, -0.05) is 44.9 Å². The fraction of sp³-hybridized carbons (Fsp3) is 0.474. The van der Waals surface area contributed by atoms with Gasteiger partial charge in [0.25, 0.3) is 0 Å². The molecular formula is C19H26FN5O2S. The molecule has 0 spiro atoms. The molecule has 0 aliphatic rings. The number of aromatic nitrogens is 2. The minimum absolute atomic E-state index is 0.0542. The van der Waals surface area contributed by atoms with Crippen LogP contribution in [-0.2, 0) is 4.79 Å². The van der Waals surface area contributed by atoms with Crippen molar-refractivity contribution in [3.63, 3.8) is 0 Å². The zero-order chi connectivity index (χ0) is 20.5. The molecule has 9 heteroatoms. The van der Waals surface area contributed by atoms with E-state index in [0.29, 0.717) is 22.2 Å². The van der Waals surface area contributed by atoms with Gasteiger partial charge in [0.05, 0.1) is 0 Å². The molecule has 0 aliphatic heterocycles. The minimum Gasteiger partial charge on any atom is -0.338 e. The third-order valence-electron chi connectivity index (χ3n) is 4.34. The van der Waals surface area contributed by atoms with Gasteiger partial charge in [-0.05, 0) is 36.6 Å². The van der Waals surface area contributed by atoms with Crippen LogP contribution in [0.25, 0.3) is 10.6 Å². The molecule has 3 N–H and O–H groups in total. The molecule has 1 aromatic heterocycles. The first-order chi connectivity index (χ1) is 13.4. The summed E-state index contributed by atoms with van der Waals surface area (Å²) in [6.07, 6.45) is 2.58. The number of hydrogen-bond acceptors (Lipinski definition) is 5. The smallest absolute Gasteiger partial charge is 0.315 e. The maximum atomic E-state index is 13.1. The number of benzene rings is 1. The summed E-state index contributed by atoms with van der Waals surface area (Å²) in [5, 5.41) is 17.1. The molecule has 1 aromatic carbocycles. The van der Waals surface area contributed by atoms with Crippen LogP contribution in [0.4, 0.5) is 14.3 Å². The molecular weight excluding hydrogens is 381 g/mol. The molecule has 28 heavy (non-hydrogen) atoms.